The molecule has 1 aliphatic heterocycles. The molecular formula is C23H25F3N4O3. The van der Waals surface area contributed by atoms with Gasteiger partial charge in [-0.3, -0.25) is 14.5 Å². The van der Waals surface area contributed by atoms with Crippen molar-refractivity contribution in [2.45, 2.75) is 12.7 Å². The van der Waals surface area contributed by atoms with Crippen LogP contribution in [0.3, 0.4) is 0 Å². The molecule has 2 aromatic carbocycles. The highest BCUT2D eigenvalue weighted by molar-refractivity contribution is 5.99. The van der Waals surface area contributed by atoms with Crippen molar-refractivity contribution in [3.63, 3.8) is 0 Å². The lowest BCUT2D eigenvalue weighted by atomic mass is 10.1. The van der Waals surface area contributed by atoms with Gasteiger partial charge in [-0.2, -0.15) is 13.2 Å². The molecule has 1 aliphatic rings. The van der Waals surface area contributed by atoms with Crippen molar-refractivity contribution in [3.05, 3.63) is 65.7 Å². The molecule has 7 nitrogen and oxygen atoms in total. The fourth-order valence-electron chi connectivity index (χ4n) is 3.39. The number of carbonyl (C=O) groups excluding carboxylic acids is 3. The lowest BCUT2D eigenvalue weighted by molar-refractivity contribution is -0.173. The van der Waals surface area contributed by atoms with Gasteiger partial charge in [-0.1, -0.05) is 42.5 Å². The van der Waals surface area contributed by atoms with Crippen LogP contribution in [0.5, 0.6) is 0 Å². The zero-order valence-electron chi connectivity index (χ0n) is 18.1. The van der Waals surface area contributed by atoms with Gasteiger partial charge in [-0.15, -0.1) is 0 Å². The number of piperazine rings is 1. The fourth-order valence-corrected chi connectivity index (χ4v) is 3.39. The van der Waals surface area contributed by atoms with E-state index in [-0.39, 0.29) is 18.1 Å². The van der Waals surface area contributed by atoms with E-state index in [1.54, 1.807) is 27.2 Å². The second kappa shape index (κ2) is 10.5. The van der Waals surface area contributed by atoms with Crippen molar-refractivity contribution in [1.82, 2.24) is 15.1 Å². The lowest BCUT2D eigenvalue weighted by Crippen LogP contribution is -2.51. The number of carbonyl (C=O) groups is 3. The van der Waals surface area contributed by atoms with Gasteiger partial charge in [0, 0.05) is 37.4 Å². The van der Waals surface area contributed by atoms with Gasteiger partial charge in [-0.25, -0.2) is 4.79 Å². The third-order valence-electron chi connectivity index (χ3n) is 5.36. The molecule has 3 amide bonds. The molecular weight excluding hydrogens is 437 g/mol. The molecule has 0 radical (unpaired) electrons. The average molecular weight is 462 g/mol. The summed E-state index contributed by atoms with van der Waals surface area (Å²) in [4.78, 5) is 41.9. The second-order valence-electron chi connectivity index (χ2n) is 7.80. The Morgan fingerprint density at radius 1 is 0.939 bits per heavy atom. The van der Waals surface area contributed by atoms with Crippen molar-refractivity contribution in [2.24, 2.45) is 0 Å². The van der Waals surface area contributed by atoms with Crippen LogP contribution in [0, 0.1) is 0 Å². The number of Topliss-reactive ketones (excluding diaryl/α,β-unsaturated/α-hetero) is 1. The standard InChI is InChI=1S/C23H25F3N4O3/c1-28-11-13-29(14-12-28)22(33)30(19-5-3-2-4-6-19)16-17-7-9-18(10-8-17)20(31)15-27-21(32)23(24,25)26/h2-10H,11-16H2,1H3,(H,27,32). The van der Waals surface area contributed by atoms with Crippen LogP contribution in [0.4, 0.5) is 23.7 Å². The van der Waals surface area contributed by atoms with Gasteiger partial charge in [0.2, 0.25) is 0 Å². The van der Waals surface area contributed by atoms with Crippen LogP contribution < -0.4 is 10.2 Å². The molecule has 176 valence electrons. The number of amides is 3. The molecule has 1 saturated heterocycles. The molecule has 1 fully saturated rings. The molecule has 10 heteroatoms. The van der Waals surface area contributed by atoms with Gasteiger partial charge in [0.05, 0.1) is 13.1 Å². The number of rotatable bonds is 6. The van der Waals surface area contributed by atoms with Crippen LogP contribution in [0.15, 0.2) is 54.6 Å². The lowest BCUT2D eigenvalue weighted by Gasteiger charge is -2.36. The largest absolute Gasteiger partial charge is 0.471 e. The average Bonchev–Trinajstić information content (AvgIpc) is 2.81. The Morgan fingerprint density at radius 3 is 2.12 bits per heavy atom. The van der Waals surface area contributed by atoms with Crippen molar-refractivity contribution < 1.29 is 27.6 Å². The Balaban J connectivity index is 1.69. The van der Waals surface area contributed by atoms with E-state index in [1.807, 2.05) is 37.4 Å². The van der Waals surface area contributed by atoms with E-state index in [9.17, 15) is 27.6 Å². The third kappa shape index (κ3) is 6.55. The first-order valence-electron chi connectivity index (χ1n) is 10.4. The Kier molecular flexibility index (Phi) is 7.70. The molecule has 1 heterocycles. The number of alkyl halides is 3. The molecule has 0 unspecified atom stereocenters. The molecule has 3 rings (SSSR count). The normalized spacial score (nSPS) is 14.6. The Morgan fingerprint density at radius 2 is 1.55 bits per heavy atom. The fraction of sp³-hybridized carbons (Fsp3) is 0.348. The summed E-state index contributed by atoms with van der Waals surface area (Å²) in [5.41, 5.74) is 1.64. The van der Waals surface area contributed by atoms with Crippen LogP contribution >= 0.6 is 0 Å². The molecule has 0 atom stereocenters. The first kappa shape index (κ1) is 24.2. The highest BCUT2D eigenvalue weighted by Crippen LogP contribution is 2.20. The number of likely N-dealkylation sites (N-methyl/N-ethyl adjacent to an activating group) is 1. The molecule has 33 heavy (non-hydrogen) atoms. The summed E-state index contributed by atoms with van der Waals surface area (Å²) in [6.07, 6.45) is -5.04. The summed E-state index contributed by atoms with van der Waals surface area (Å²) < 4.78 is 36.8. The maximum Gasteiger partial charge on any atom is 0.471 e. The molecule has 0 spiro atoms. The Bertz CT molecular complexity index is 973. The second-order valence-corrected chi connectivity index (χ2v) is 7.80. The summed E-state index contributed by atoms with van der Waals surface area (Å²) in [6, 6.07) is 15.3. The Labute approximate surface area is 189 Å². The van der Waals surface area contributed by atoms with Gasteiger partial charge in [-0.05, 0) is 24.7 Å². The van der Waals surface area contributed by atoms with E-state index in [0.717, 1.165) is 24.3 Å². The number of urea groups is 1. The van der Waals surface area contributed by atoms with Crippen molar-refractivity contribution >= 4 is 23.4 Å². The smallest absolute Gasteiger partial charge is 0.341 e. The highest BCUT2D eigenvalue weighted by Gasteiger charge is 2.38. The van der Waals surface area contributed by atoms with Crippen LogP contribution in [-0.2, 0) is 11.3 Å². The minimum atomic E-state index is -5.04. The van der Waals surface area contributed by atoms with Crippen molar-refractivity contribution in [2.75, 3.05) is 44.7 Å². The molecule has 2 aromatic rings. The van der Waals surface area contributed by atoms with Gasteiger partial charge in [0.15, 0.2) is 5.78 Å². The summed E-state index contributed by atoms with van der Waals surface area (Å²) in [5.74, 6) is -2.80. The molecule has 0 bridgehead atoms. The summed E-state index contributed by atoms with van der Waals surface area (Å²) in [5, 5.41) is 1.57. The number of hydrogen-bond donors (Lipinski definition) is 1. The van der Waals surface area contributed by atoms with E-state index < -0.39 is 24.4 Å². The topological polar surface area (TPSA) is 73.0 Å². The van der Waals surface area contributed by atoms with Gasteiger partial charge < -0.3 is 15.1 Å². The van der Waals surface area contributed by atoms with Crippen LogP contribution in [-0.4, -0.2) is 73.5 Å². The van der Waals surface area contributed by atoms with Gasteiger partial charge in [0.25, 0.3) is 0 Å². The zero-order chi connectivity index (χ0) is 24.0. The number of benzene rings is 2. The summed E-state index contributed by atoms with van der Waals surface area (Å²) in [7, 11) is 2.01. The number of halogens is 3. The van der Waals surface area contributed by atoms with Crippen LogP contribution in [0.2, 0.25) is 0 Å². The van der Waals surface area contributed by atoms with Crippen LogP contribution in [0.25, 0.3) is 0 Å². The Hall–Kier alpha value is -3.40. The maximum absolute atomic E-state index is 13.3. The number of nitrogens with zero attached hydrogens (tertiary/aromatic N) is 3. The minimum Gasteiger partial charge on any atom is -0.341 e. The quantitative estimate of drug-likeness (QED) is 0.671. The number of anilines is 1. The molecule has 0 aromatic heterocycles. The monoisotopic (exact) mass is 462 g/mol. The van der Waals surface area contributed by atoms with E-state index in [2.05, 4.69) is 4.90 Å². The van der Waals surface area contributed by atoms with Gasteiger partial charge >= 0.3 is 18.1 Å². The molecule has 0 saturated carbocycles. The van der Waals surface area contributed by atoms with Crippen molar-refractivity contribution in [3.8, 4) is 0 Å². The first-order chi connectivity index (χ1) is 15.6. The molecule has 0 aliphatic carbocycles. The van der Waals surface area contributed by atoms with E-state index in [1.165, 1.54) is 12.1 Å². The highest BCUT2D eigenvalue weighted by atomic mass is 19.4. The maximum atomic E-state index is 13.3. The first-order valence-corrected chi connectivity index (χ1v) is 10.4. The predicted molar refractivity (Wildman–Crippen MR) is 117 cm³/mol. The van der Waals surface area contributed by atoms with E-state index >= 15 is 0 Å². The van der Waals surface area contributed by atoms with Crippen LogP contribution in [0.1, 0.15) is 15.9 Å². The predicted octanol–water partition coefficient (Wildman–Crippen LogP) is 2.92. The minimum absolute atomic E-state index is 0.121. The number of hydrogen-bond acceptors (Lipinski definition) is 4. The van der Waals surface area contributed by atoms with Gasteiger partial charge in [0.1, 0.15) is 0 Å². The zero-order valence-corrected chi connectivity index (χ0v) is 18.1. The SMILES string of the molecule is CN1CCN(C(=O)N(Cc2ccc(C(=O)CNC(=O)C(F)(F)F)cc2)c2ccccc2)CC1. The van der Waals surface area contributed by atoms with Crippen molar-refractivity contribution in [1.29, 1.82) is 0 Å². The van der Waals surface area contributed by atoms with E-state index in [0.29, 0.717) is 13.1 Å². The summed E-state index contributed by atoms with van der Waals surface area (Å²) >= 11 is 0. The number of ketones is 1. The molecule has 1 N–H and O–H groups in total. The number of para-hydroxylation sites is 1. The summed E-state index contributed by atoms with van der Waals surface area (Å²) in [6.45, 7) is 2.32. The third-order valence-corrected chi connectivity index (χ3v) is 5.36. The number of nitrogens with one attached hydrogen (secondary N) is 1. The van der Waals surface area contributed by atoms with E-state index in [4.69, 9.17) is 0 Å².